The number of carbonyl (C=O) groups is 2. The Balaban J connectivity index is 2.23. The largest absolute Gasteiger partial charge is 0.351 e. The molecule has 2 rings (SSSR count). The number of likely N-dealkylation sites (N-methyl/N-ethyl adjacent to an activating group) is 1. The molecule has 22 heavy (non-hydrogen) atoms. The number of urea groups is 1. The second-order valence-corrected chi connectivity index (χ2v) is 5.21. The van der Waals surface area contributed by atoms with Gasteiger partial charge in [0.15, 0.2) is 6.04 Å². The van der Waals surface area contributed by atoms with E-state index < -0.39 is 18.0 Å². The molecule has 0 saturated heterocycles. The number of hydrogen-bond acceptors (Lipinski definition) is 2. The Morgan fingerprint density at radius 1 is 1.05 bits per heavy atom. The van der Waals surface area contributed by atoms with Crippen LogP contribution in [0.25, 0.3) is 0 Å². The van der Waals surface area contributed by atoms with E-state index in [4.69, 9.17) is 5.73 Å². The topological polar surface area (TPSA) is 76.6 Å². The third-order valence-corrected chi connectivity index (χ3v) is 3.46. The van der Waals surface area contributed by atoms with E-state index >= 15 is 0 Å². The Bertz CT molecular complexity index is 629. The summed E-state index contributed by atoms with van der Waals surface area (Å²) in [5.41, 5.74) is 7.04. The molecule has 2 aromatic carbocycles. The molecule has 114 valence electrons. The van der Waals surface area contributed by atoms with Gasteiger partial charge in [0.05, 0.1) is 7.05 Å². The predicted octanol–water partition coefficient (Wildman–Crippen LogP) is 0.638. The third kappa shape index (κ3) is 4.17. The van der Waals surface area contributed by atoms with Crippen molar-refractivity contribution in [2.24, 2.45) is 5.73 Å². The number of primary amides is 1. The summed E-state index contributed by atoms with van der Waals surface area (Å²) in [5.74, 6) is -0.396. The highest BCUT2D eigenvalue weighted by Crippen LogP contribution is 2.10. The first-order valence-corrected chi connectivity index (χ1v) is 7.09. The molecule has 0 radical (unpaired) electrons. The number of imide groups is 1. The van der Waals surface area contributed by atoms with E-state index in [9.17, 15) is 9.59 Å². The number of nitrogens with one attached hydrogen (secondary N) is 2. The Morgan fingerprint density at radius 3 is 2.14 bits per heavy atom. The average molecular weight is 298 g/mol. The molecule has 0 aliphatic rings. The maximum atomic E-state index is 12.4. The molecular weight excluding hydrogens is 278 g/mol. The van der Waals surface area contributed by atoms with Crippen molar-refractivity contribution in [3.8, 4) is 0 Å². The quantitative estimate of drug-likeness (QED) is 0.757. The Morgan fingerprint density at radius 2 is 1.59 bits per heavy atom. The third-order valence-electron chi connectivity index (χ3n) is 3.46. The van der Waals surface area contributed by atoms with Gasteiger partial charge in [0.2, 0.25) is 0 Å². The van der Waals surface area contributed by atoms with Gasteiger partial charge in [-0.1, -0.05) is 60.7 Å². The van der Waals surface area contributed by atoms with Crippen LogP contribution in [0, 0.1) is 0 Å². The van der Waals surface area contributed by atoms with Crippen LogP contribution in [0.15, 0.2) is 60.7 Å². The highest BCUT2D eigenvalue weighted by molar-refractivity contribution is 5.96. The lowest BCUT2D eigenvalue weighted by Crippen LogP contribution is -3.09. The van der Waals surface area contributed by atoms with Gasteiger partial charge in [0.1, 0.15) is 6.54 Å². The van der Waals surface area contributed by atoms with Crippen molar-refractivity contribution in [1.82, 2.24) is 5.32 Å². The lowest BCUT2D eigenvalue weighted by atomic mass is 10.0. The summed E-state index contributed by atoms with van der Waals surface area (Å²) in [6.45, 7) is 0.659. The minimum absolute atomic E-state index is 0.396. The summed E-state index contributed by atoms with van der Waals surface area (Å²) < 4.78 is 0. The summed E-state index contributed by atoms with van der Waals surface area (Å²) in [6, 6.07) is 17.9. The molecule has 0 heterocycles. The average Bonchev–Trinajstić information content (AvgIpc) is 2.48. The molecule has 0 fully saturated rings. The minimum atomic E-state index is -0.835. The Labute approximate surface area is 129 Å². The number of quaternary nitrogens is 1. The number of rotatable bonds is 5. The highest BCUT2D eigenvalue weighted by Gasteiger charge is 2.29. The van der Waals surface area contributed by atoms with Gasteiger partial charge >= 0.3 is 6.03 Å². The van der Waals surface area contributed by atoms with Crippen molar-refractivity contribution >= 4 is 11.9 Å². The molecule has 0 aliphatic heterocycles. The highest BCUT2D eigenvalue weighted by atomic mass is 16.2. The van der Waals surface area contributed by atoms with Crippen molar-refractivity contribution in [2.45, 2.75) is 12.6 Å². The number of amides is 3. The van der Waals surface area contributed by atoms with Crippen LogP contribution in [-0.4, -0.2) is 19.0 Å². The van der Waals surface area contributed by atoms with Crippen molar-refractivity contribution in [3.63, 3.8) is 0 Å². The number of benzene rings is 2. The molecule has 3 amide bonds. The predicted molar refractivity (Wildman–Crippen MR) is 83.9 cm³/mol. The first-order valence-electron chi connectivity index (χ1n) is 7.09. The molecular formula is C17H20N3O2+. The molecule has 5 nitrogen and oxygen atoms in total. The number of nitrogens with two attached hydrogens (primary N) is 1. The first kappa shape index (κ1) is 15.7. The van der Waals surface area contributed by atoms with Gasteiger partial charge in [-0.25, -0.2) is 4.79 Å². The molecule has 0 saturated carbocycles. The molecule has 0 aromatic heterocycles. The molecule has 4 N–H and O–H groups in total. The summed E-state index contributed by atoms with van der Waals surface area (Å²) >= 11 is 0. The number of carbonyl (C=O) groups excluding carboxylic acids is 2. The fraction of sp³-hybridized carbons (Fsp3) is 0.176. The maximum absolute atomic E-state index is 12.4. The van der Waals surface area contributed by atoms with Gasteiger partial charge < -0.3 is 10.6 Å². The zero-order valence-electron chi connectivity index (χ0n) is 12.5. The molecule has 0 spiro atoms. The van der Waals surface area contributed by atoms with Crippen molar-refractivity contribution in [3.05, 3.63) is 71.8 Å². The van der Waals surface area contributed by atoms with E-state index in [0.29, 0.717) is 6.54 Å². The second-order valence-electron chi connectivity index (χ2n) is 5.21. The smallest absolute Gasteiger partial charge is 0.319 e. The summed E-state index contributed by atoms with van der Waals surface area (Å²) in [7, 11) is 1.92. The number of hydrogen-bond donors (Lipinski definition) is 3. The standard InChI is InChI=1S/C17H19N3O2/c1-20(12-13-8-4-2-5-9-13)15(16(21)19-17(18)22)14-10-6-3-7-11-14/h2-11,15H,12H2,1H3,(H3,18,19,21,22)/p+1/t15-/m1/s1. The van der Waals surface area contributed by atoms with E-state index in [1.807, 2.05) is 67.7 Å². The van der Waals surface area contributed by atoms with Gasteiger partial charge in [-0.2, -0.15) is 0 Å². The summed E-state index contributed by atoms with van der Waals surface area (Å²) in [4.78, 5) is 24.3. The summed E-state index contributed by atoms with van der Waals surface area (Å²) in [5, 5.41) is 2.19. The van der Waals surface area contributed by atoms with E-state index in [0.717, 1.165) is 16.0 Å². The lowest BCUT2D eigenvalue weighted by molar-refractivity contribution is -0.916. The van der Waals surface area contributed by atoms with Crippen molar-refractivity contribution in [1.29, 1.82) is 0 Å². The van der Waals surface area contributed by atoms with Crippen LogP contribution in [0.5, 0.6) is 0 Å². The molecule has 2 aromatic rings. The molecule has 5 heteroatoms. The fourth-order valence-corrected chi connectivity index (χ4v) is 2.52. The fourth-order valence-electron chi connectivity index (χ4n) is 2.52. The minimum Gasteiger partial charge on any atom is -0.351 e. The van der Waals surface area contributed by atoms with Crippen LogP contribution < -0.4 is 16.0 Å². The zero-order chi connectivity index (χ0) is 15.9. The van der Waals surface area contributed by atoms with Gasteiger partial charge in [0.25, 0.3) is 5.91 Å². The first-order chi connectivity index (χ1) is 10.6. The van der Waals surface area contributed by atoms with E-state index in [2.05, 4.69) is 5.32 Å². The van der Waals surface area contributed by atoms with Gasteiger partial charge in [-0.05, 0) is 0 Å². The van der Waals surface area contributed by atoms with Crippen LogP contribution in [0.2, 0.25) is 0 Å². The normalized spacial score (nSPS) is 13.1. The van der Waals surface area contributed by atoms with Crippen molar-refractivity contribution < 1.29 is 14.5 Å². The van der Waals surface area contributed by atoms with Gasteiger partial charge in [-0.3, -0.25) is 10.1 Å². The van der Waals surface area contributed by atoms with Crippen LogP contribution in [-0.2, 0) is 11.3 Å². The Kier molecular flexibility index (Phi) is 5.27. The lowest BCUT2D eigenvalue weighted by Gasteiger charge is -2.24. The van der Waals surface area contributed by atoms with E-state index in [1.54, 1.807) is 0 Å². The summed E-state index contributed by atoms with van der Waals surface area (Å²) in [6.07, 6.45) is 0. The molecule has 2 atom stereocenters. The van der Waals surface area contributed by atoms with Crippen molar-refractivity contribution in [2.75, 3.05) is 7.05 Å². The zero-order valence-corrected chi connectivity index (χ0v) is 12.5. The molecule has 0 aliphatic carbocycles. The van der Waals surface area contributed by atoms with Crippen LogP contribution >= 0.6 is 0 Å². The maximum Gasteiger partial charge on any atom is 0.319 e. The van der Waals surface area contributed by atoms with E-state index in [-0.39, 0.29) is 0 Å². The van der Waals surface area contributed by atoms with Crippen LogP contribution in [0.4, 0.5) is 4.79 Å². The monoisotopic (exact) mass is 298 g/mol. The Hall–Kier alpha value is -2.66. The molecule has 0 bridgehead atoms. The second kappa shape index (κ2) is 7.38. The van der Waals surface area contributed by atoms with E-state index in [1.165, 1.54) is 0 Å². The van der Waals surface area contributed by atoms with Gasteiger partial charge in [0, 0.05) is 11.1 Å². The van der Waals surface area contributed by atoms with Gasteiger partial charge in [-0.15, -0.1) is 0 Å². The van der Waals surface area contributed by atoms with Crippen LogP contribution in [0.3, 0.4) is 0 Å². The molecule has 1 unspecified atom stereocenters. The SMILES string of the molecule is C[NH+](Cc1ccccc1)[C@@H](C(=O)NC(N)=O)c1ccccc1. The van der Waals surface area contributed by atoms with Crippen LogP contribution in [0.1, 0.15) is 17.2 Å².